The molecular formula is C56H100O6. The van der Waals surface area contributed by atoms with Crippen molar-refractivity contribution in [2.24, 2.45) is 0 Å². The number of unbranched alkanes of at least 4 members (excludes halogenated alkanes) is 30. The zero-order valence-electron chi connectivity index (χ0n) is 41.1. The molecule has 0 N–H and O–H groups in total. The van der Waals surface area contributed by atoms with Crippen molar-refractivity contribution in [3.05, 3.63) is 48.6 Å². The van der Waals surface area contributed by atoms with Crippen molar-refractivity contribution >= 4 is 17.9 Å². The molecule has 1 atom stereocenters. The first-order valence-corrected chi connectivity index (χ1v) is 26.7. The molecule has 0 fully saturated rings. The lowest BCUT2D eigenvalue weighted by Gasteiger charge is -2.18. The molecule has 0 saturated heterocycles. The molecule has 0 aromatic heterocycles. The summed E-state index contributed by atoms with van der Waals surface area (Å²) in [6, 6.07) is 0. The Bertz CT molecular complexity index is 1090. The van der Waals surface area contributed by atoms with Gasteiger partial charge in [0.2, 0.25) is 0 Å². The third-order valence-corrected chi connectivity index (χ3v) is 11.6. The molecule has 0 bridgehead atoms. The predicted octanol–water partition coefficient (Wildman–Crippen LogP) is 17.5. The number of carbonyl (C=O) groups is 3. The number of hydrogen-bond acceptors (Lipinski definition) is 6. The lowest BCUT2D eigenvalue weighted by atomic mass is 10.0. The van der Waals surface area contributed by atoms with Crippen molar-refractivity contribution in [3.63, 3.8) is 0 Å². The molecule has 0 aromatic rings. The standard InChI is InChI=1S/C56H100O6/c1-4-7-10-13-16-19-22-25-28-31-34-37-40-43-46-49-55(58)61-52-53(51-60-54(57)48-45-42-39-36-33-30-27-24-21-18-15-12-9-6-3)62-56(59)50-47-44-41-38-35-32-29-26-23-20-17-14-11-8-5-2/h9,12,16,18-19,21-22,25,53H,4-8,10-11,13-15,17,20,23-24,26-52H2,1-3H3/b12-9-,19-16-,21-18-,25-22-. The van der Waals surface area contributed by atoms with Crippen LogP contribution in [0.2, 0.25) is 0 Å². The number of carbonyl (C=O) groups excluding carboxylic acids is 3. The molecule has 360 valence electrons. The van der Waals surface area contributed by atoms with E-state index in [-0.39, 0.29) is 31.1 Å². The minimum absolute atomic E-state index is 0.0789. The Hall–Kier alpha value is -2.63. The number of ether oxygens (including phenoxy) is 3. The number of esters is 3. The van der Waals surface area contributed by atoms with Crippen LogP contribution < -0.4 is 0 Å². The fourth-order valence-corrected chi connectivity index (χ4v) is 7.59. The van der Waals surface area contributed by atoms with E-state index in [1.54, 1.807) is 0 Å². The Morgan fingerprint density at radius 2 is 0.677 bits per heavy atom. The van der Waals surface area contributed by atoms with Gasteiger partial charge in [-0.05, 0) is 70.6 Å². The van der Waals surface area contributed by atoms with E-state index >= 15 is 0 Å². The zero-order valence-corrected chi connectivity index (χ0v) is 41.1. The van der Waals surface area contributed by atoms with Crippen molar-refractivity contribution in [2.45, 2.75) is 277 Å². The van der Waals surface area contributed by atoms with Gasteiger partial charge in [-0.25, -0.2) is 0 Å². The highest BCUT2D eigenvalue weighted by Crippen LogP contribution is 2.16. The van der Waals surface area contributed by atoms with Crippen LogP contribution in [0.3, 0.4) is 0 Å². The maximum Gasteiger partial charge on any atom is 0.306 e. The van der Waals surface area contributed by atoms with E-state index in [9.17, 15) is 14.4 Å². The van der Waals surface area contributed by atoms with Gasteiger partial charge in [-0.3, -0.25) is 14.4 Å². The summed E-state index contributed by atoms with van der Waals surface area (Å²) in [5.74, 6) is -0.888. The molecule has 0 aromatic carbocycles. The van der Waals surface area contributed by atoms with E-state index in [1.165, 1.54) is 148 Å². The summed E-state index contributed by atoms with van der Waals surface area (Å²) in [5, 5.41) is 0. The molecule has 0 aliphatic heterocycles. The summed E-state index contributed by atoms with van der Waals surface area (Å²) < 4.78 is 16.8. The lowest BCUT2D eigenvalue weighted by Crippen LogP contribution is -2.30. The van der Waals surface area contributed by atoms with Gasteiger partial charge in [0.25, 0.3) is 0 Å². The smallest absolute Gasteiger partial charge is 0.306 e. The molecule has 1 unspecified atom stereocenters. The highest BCUT2D eigenvalue weighted by Gasteiger charge is 2.19. The highest BCUT2D eigenvalue weighted by molar-refractivity contribution is 5.71. The third kappa shape index (κ3) is 48.4. The molecule has 0 radical (unpaired) electrons. The van der Waals surface area contributed by atoms with Gasteiger partial charge in [0.1, 0.15) is 13.2 Å². The Morgan fingerprint density at radius 3 is 1.10 bits per heavy atom. The normalized spacial score (nSPS) is 12.4. The van der Waals surface area contributed by atoms with E-state index in [4.69, 9.17) is 14.2 Å². The molecule has 0 amide bonds. The van der Waals surface area contributed by atoms with Crippen LogP contribution in [0.15, 0.2) is 48.6 Å². The second-order valence-electron chi connectivity index (χ2n) is 17.8. The Morgan fingerprint density at radius 1 is 0.355 bits per heavy atom. The molecule has 62 heavy (non-hydrogen) atoms. The molecule has 0 heterocycles. The van der Waals surface area contributed by atoms with E-state index in [2.05, 4.69) is 69.4 Å². The van der Waals surface area contributed by atoms with E-state index in [0.717, 1.165) is 83.5 Å². The van der Waals surface area contributed by atoms with Crippen LogP contribution in [0.4, 0.5) is 0 Å². The molecule has 0 saturated carbocycles. The van der Waals surface area contributed by atoms with E-state index in [0.29, 0.717) is 19.3 Å². The van der Waals surface area contributed by atoms with Crippen molar-refractivity contribution in [2.75, 3.05) is 13.2 Å². The molecular weight excluding hydrogens is 769 g/mol. The van der Waals surface area contributed by atoms with Crippen LogP contribution in [0.5, 0.6) is 0 Å². The summed E-state index contributed by atoms with van der Waals surface area (Å²) in [6.07, 6.45) is 60.9. The van der Waals surface area contributed by atoms with Gasteiger partial charge >= 0.3 is 17.9 Å². The van der Waals surface area contributed by atoms with Crippen LogP contribution >= 0.6 is 0 Å². The summed E-state index contributed by atoms with van der Waals surface area (Å²) in [4.78, 5) is 38.0. The molecule has 0 aliphatic rings. The monoisotopic (exact) mass is 869 g/mol. The molecule has 0 aliphatic carbocycles. The SMILES string of the molecule is CC/C=C\C/C=C\CCCCCCCCCC(=O)OCC(COC(=O)CCCCCCCC/C=C\C=C/CCCCC)OC(=O)CCCCCCCCCCCCCCCCC. The van der Waals surface area contributed by atoms with Gasteiger partial charge < -0.3 is 14.2 Å². The van der Waals surface area contributed by atoms with Gasteiger partial charge in [0.05, 0.1) is 0 Å². The van der Waals surface area contributed by atoms with E-state index in [1.807, 2.05) is 0 Å². The van der Waals surface area contributed by atoms with Gasteiger partial charge in [-0.1, -0.05) is 230 Å². The third-order valence-electron chi connectivity index (χ3n) is 11.6. The van der Waals surface area contributed by atoms with Crippen LogP contribution in [-0.4, -0.2) is 37.2 Å². The van der Waals surface area contributed by atoms with Gasteiger partial charge in [0.15, 0.2) is 6.10 Å². The van der Waals surface area contributed by atoms with Crippen LogP contribution in [-0.2, 0) is 28.6 Å². The maximum absolute atomic E-state index is 12.8. The lowest BCUT2D eigenvalue weighted by molar-refractivity contribution is -0.167. The number of allylic oxidation sites excluding steroid dienone is 8. The van der Waals surface area contributed by atoms with Crippen molar-refractivity contribution in [1.29, 1.82) is 0 Å². The topological polar surface area (TPSA) is 78.9 Å². The second-order valence-corrected chi connectivity index (χ2v) is 17.8. The first-order valence-electron chi connectivity index (χ1n) is 26.7. The van der Waals surface area contributed by atoms with Crippen LogP contribution in [0.25, 0.3) is 0 Å². The Labute approximate surface area is 384 Å². The second kappa shape index (κ2) is 51.0. The molecule has 0 rings (SSSR count). The number of hydrogen-bond donors (Lipinski definition) is 0. The van der Waals surface area contributed by atoms with E-state index < -0.39 is 6.10 Å². The van der Waals surface area contributed by atoms with Crippen LogP contribution in [0, 0.1) is 0 Å². The quantitative estimate of drug-likeness (QED) is 0.0199. The largest absolute Gasteiger partial charge is 0.462 e. The van der Waals surface area contributed by atoms with Gasteiger partial charge in [-0.2, -0.15) is 0 Å². The average molecular weight is 869 g/mol. The minimum atomic E-state index is -0.778. The first kappa shape index (κ1) is 59.4. The molecule has 0 spiro atoms. The van der Waals surface area contributed by atoms with Crippen LogP contribution in [0.1, 0.15) is 271 Å². The van der Waals surface area contributed by atoms with Crippen molar-refractivity contribution in [1.82, 2.24) is 0 Å². The van der Waals surface area contributed by atoms with Crippen molar-refractivity contribution < 1.29 is 28.6 Å². The minimum Gasteiger partial charge on any atom is -0.462 e. The average Bonchev–Trinajstić information content (AvgIpc) is 3.27. The zero-order chi connectivity index (χ0) is 45.1. The summed E-state index contributed by atoms with van der Waals surface area (Å²) >= 11 is 0. The summed E-state index contributed by atoms with van der Waals surface area (Å²) in [7, 11) is 0. The Kier molecular flexibility index (Phi) is 48.8. The van der Waals surface area contributed by atoms with Crippen molar-refractivity contribution in [3.8, 4) is 0 Å². The molecule has 6 nitrogen and oxygen atoms in total. The first-order chi connectivity index (χ1) is 30.5. The number of rotatable bonds is 48. The van der Waals surface area contributed by atoms with Gasteiger partial charge in [0, 0.05) is 19.3 Å². The highest BCUT2D eigenvalue weighted by atomic mass is 16.6. The fourth-order valence-electron chi connectivity index (χ4n) is 7.59. The molecule has 6 heteroatoms. The summed E-state index contributed by atoms with van der Waals surface area (Å²) in [6.45, 7) is 6.51. The predicted molar refractivity (Wildman–Crippen MR) is 265 cm³/mol. The maximum atomic E-state index is 12.8. The Balaban J connectivity index is 4.38. The fraction of sp³-hybridized carbons (Fsp3) is 0.804. The van der Waals surface area contributed by atoms with Gasteiger partial charge in [-0.15, -0.1) is 0 Å². The summed E-state index contributed by atoms with van der Waals surface area (Å²) in [5.41, 5.74) is 0.